The number of nitrogens with one attached hydrogen (secondary N) is 3. The molecule has 0 aromatic heterocycles. The smallest absolute Gasteiger partial charge is 0.322 e. The summed E-state index contributed by atoms with van der Waals surface area (Å²) in [7, 11) is 1.79. The van der Waals surface area contributed by atoms with Gasteiger partial charge in [-0.3, -0.25) is 15.1 Å². The lowest BCUT2D eigenvalue weighted by molar-refractivity contribution is -0.125. The van der Waals surface area contributed by atoms with Gasteiger partial charge in [0.2, 0.25) is 0 Å². The van der Waals surface area contributed by atoms with Crippen LogP contribution in [0.25, 0.3) is 0 Å². The van der Waals surface area contributed by atoms with Crippen LogP contribution in [0.5, 0.6) is 0 Å². The first-order chi connectivity index (χ1) is 10.7. The Labute approximate surface area is 161 Å². The molecule has 24 heavy (non-hydrogen) atoms. The van der Waals surface area contributed by atoms with Crippen molar-refractivity contribution in [2.45, 2.75) is 46.1 Å². The maximum Gasteiger partial charge on any atom is 0.322 e. The fourth-order valence-electron chi connectivity index (χ4n) is 3.19. The lowest BCUT2D eigenvalue weighted by Gasteiger charge is -2.40. The minimum Gasteiger partial charge on any atom is -0.356 e. The molecule has 2 rings (SSSR count). The highest BCUT2D eigenvalue weighted by Crippen LogP contribution is 2.30. The van der Waals surface area contributed by atoms with Crippen molar-refractivity contribution in [1.82, 2.24) is 20.9 Å². The summed E-state index contributed by atoms with van der Waals surface area (Å²) < 4.78 is 0. The first kappa shape index (κ1) is 21.0. The maximum atomic E-state index is 12.0. The minimum absolute atomic E-state index is 0. The summed E-state index contributed by atoms with van der Waals surface area (Å²) in [5, 5.41) is 8.55. The number of urea groups is 1. The average molecular weight is 451 g/mol. The summed E-state index contributed by atoms with van der Waals surface area (Å²) in [6.45, 7) is 10.9. The number of carbonyl (C=O) groups excluding carboxylic acids is 2. The van der Waals surface area contributed by atoms with Crippen molar-refractivity contribution in [2.75, 3.05) is 26.7 Å². The number of guanidine groups is 1. The largest absolute Gasteiger partial charge is 0.356 e. The topological polar surface area (TPSA) is 85.8 Å². The van der Waals surface area contributed by atoms with Crippen LogP contribution in [0.4, 0.5) is 4.79 Å². The molecule has 7 nitrogen and oxygen atoms in total. The molecule has 2 heterocycles. The molecule has 0 aromatic rings. The molecule has 0 aliphatic carbocycles. The third-order valence-electron chi connectivity index (χ3n) is 4.67. The Balaban J connectivity index is 0.00000288. The van der Waals surface area contributed by atoms with Crippen LogP contribution in [0, 0.1) is 11.3 Å². The Bertz CT molecular complexity index is 509. The molecule has 2 saturated heterocycles. The SMILES string of the molecule is CN=C(NCC(C)(C)C)N1CCC(C2(C)NC(=O)NC2=O)CC1.I. The molecular formula is C16H30IN5O2. The summed E-state index contributed by atoms with van der Waals surface area (Å²) in [4.78, 5) is 30.1. The molecule has 2 fully saturated rings. The predicted molar refractivity (Wildman–Crippen MR) is 106 cm³/mol. The van der Waals surface area contributed by atoms with E-state index >= 15 is 0 Å². The quantitative estimate of drug-likeness (QED) is 0.257. The molecule has 138 valence electrons. The standard InChI is InChI=1S/C16H29N5O2.HI/c1-15(2,3)10-18-13(17-5)21-8-6-11(7-9-21)16(4)12(22)19-14(23)20-16;/h11H,6-10H2,1-5H3,(H,17,18)(H2,19,20,22,23);1H. The highest BCUT2D eigenvalue weighted by Gasteiger charge is 2.48. The molecule has 3 amide bonds. The second-order valence-electron chi connectivity index (χ2n) is 7.83. The summed E-state index contributed by atoms with van der Waals surface area (Å²) in [6, 6.07) is -0.386. The monoisotopic (exact) mass is 451 g/mol. The molecule has 1 unspecified atom stereocenters. The van der Waals surface area contributed by atoms with Crippen molar-refractivity contribution >= 4 is 41.9 Å². The fourth-order valence-corrected chi connectivity index (χ4v) is 3.19. The van der Waals surface area contributed by atoms with Crippen LogP contribution in [-0.4, -0.2) is 55.0 Å². The first-order valence-electron chi connectivity index (χ1n) is 8.25. The second kappa shape index (κ2) is 7.88. The molecule has 0 bridgehead atoms. The van der Waals surface area contributed by atoms with Gasteiger partial charge in [-0.1, -0.05) is 20.8 Å². The Morgan fingerprint density at radius 1 is 1.33 bits per heavy atom. The molecule has 0 aromatic carbocycles. The number of carbonyl (C=O) groups is 2. The van der Waals surface area contributed by atoms with Gasteiger partial charge in [0.05, 0.1) is 0 Å². The van der Waals surface area contributed by atoms with E-state index in [9.17, 15) is 9.59 Å². The van der Waals surface area contributed by atoms with Crippen LogP contribution in [0.3, 0.4) is 0 Å². The number of aliphatic imine (C=N–C) groups is 1. The van der Waals surface area contributed by atoms with Gasteiger partial charge < -0.3 is 15.5 Å². The molecular weight excluding hydrogens is 421 g/mol. The average Bonchev–Trinajstić information content (AvgIpc) is 2.73. The predicted octanol–water partition coefficient (Wildman–Crippen LogP) is 1.54. The molecule has 0 spiro atoms. The van der Waals surface area contributed by atoms with E-state index in [1.54, 1.807) is 7.05 Å². The Hall–Kier alpha value is -1.06. The van der Waals surface area contributed by atoms with Gasteiger partial charge in [-0.15, -0.1) is 24.0 Å². The number of likely N-dealkylation sites (tertiary alicyclic amines) is 1. The zero-order chi connectivity index (χ0) is 17.3. The van der Waals surface area contributed by atoms with Gasteiger partial charge >= 0.3 is 6.03 Å². The number of piperidine rings is 1. The number of halogens is 1. The highest BCUT2D eigenvalue weighted by atomic mass is 127. The summed E-state index contributed by atoms with van der Waals surface area (Å²) in [5.41, 5.74) is -0.598. The van der Waals surface area contributed by atoms with E-state index in [-0.39, 0.29) is 47.2 Å². The van der Waals surface area contributed by atoms with Crippen LogP contribution >= 0.6 is 24.0 Å². The Kier molecular flexibility index (Phi) is 6.89. The van der Waals surface area contributed by atoms with Crippen LogP contribution in [0.15, 0.2) is 4.99 Å². The van der Waals surface area contributed by atoms with Gasteiger partial charge in [-0.05, 0) is 31.1 Å². The Morgan fingerprint density at radius 2 is 1.92 bits per heavy atom. The van der Waals surface area contributed by atoms with E-state index in [4.69, 9.17) is 0 Å². The molecule has 2 aliphatic heterocycles. The molecule has 1 atom stereocenters. The van der Waals surface area contributed by atoms with Crippen molar-refractivity contribution in [2.24, 2.45) is 16.3 Å². The first-order valence-corrected chi connectivity index (χ1v) is 8.25. The third-order valence-corrected chi connectivity index (χ3v) is 4.67. The maximum absolute atomic E-state index is 12.0. The van der Waals surface area contributed by atoms with E-state index < -0.39 is 5.54 Å². The van der Waals surface area contributed by atoms with Gasteiger partial charge in [0.25, 0.3) is 5.91 Å². The highest BCUT2D eigenvalue weighted by molar-refractivity contribution is 14.0. The minimum atomic E-state index is -0.786. The number of imide groups is 1. The van der Waals surface area contributed by atoms with E-state index in [0.29, 0.717) is 0 Å². The lowest BCUT2D eigenvalue weighted by atomic mass is 9.79. The van der Waals surface area contributed by atoms with Crippen molar-refractivity contribution in [3.8, 4) is 0 Å². The third kappa shape index (κ3) is 4.73. The number of amides is 3. The molecule has 0 saturated carbocycles. The summed E-state index contributed by atoms with van der Waals surface area (Å²) in [6.07, 6.45) is 1.70. The summed E-state index contributed by atoms with van der Waals surface area (Å²) in [5.74, 6) is 0.838. The number of hydrogen-bond acceptors (Lipinski definition) is 3. The van der Waals surface area contributed by atoms with Gasteiger partial charge in [0.15, 0.2) is 5.96 Å². The van der Waals surface area contributed by atoms with E-state index in [1.165, 1.54) is 0 Å². The van der Waals surface area contributed by atoms with Gasteiger partial charge in [0.1, 0.15) is 5.54 Å². The molecule has 0 radical (unpaired) electrons. The second-order valence-corrected chi connectivity index (χ2v) is 7.83. The van der Waals surface area contributed by atoms with Crippen LogP contribution in [-0.2, 0) is 4.79 Å². The zero-order valence-corrected chi connectivity index (χ0v) is 17.6. The van der Waals surface area contributed by atoms with Crippen molar-refractivity contribution in [3.05, 3.63) is 0 Å². The van der Waals surface area contributed by atoms with Gasteiger partial charge in [-0.25, -0.2) is 4.79 Å². The normalized spacial score (nSPS) is 25.9. The zero-order valence-electron chi connectivity index (χ0n) is 15.2. The van der Waals surface area contributed by atoms with Crippen molar-refractivity contribution in [3.63, 3.8) is 0 Å². The number of rotatable bonds is 2. The van der Waals surface area contributed by atoms with Crippen molar-refractivity contribution < 1.29 is 9.59 Å². The van der Waals surface area contributed by atoms with E-state index in [2.05, 4.69) is 46.6 Å². The van der Waals surface area contributed by atoms with Crippen LogP contribution < -0.4 is 16.0 Å². The fraction of sp³-hybridized carbons (Fsp3) is 0.812. The van der Waals surface area contributed by atoms with Gasteiger partial charge in [0, 0.05) is 26.7 Å². The van der Waals surface area contributed by atoms with Crippen LogP contribution in [0.2, 0.25) is 0 Å². The molecule has 8 heteroatoms. The van der Waals surface area contributed by atoms with Gasteiger partial charge in [-0.2, -0.15) is 0 Å². The van der Waals surface area contributed by atoms with E-state index in [1.807, 2.05) is 6.92 Å². The molecule has 2 aliphatic rings. The van der Waals surface area contributed by atoms with E-state index in [0.717, 1.165) is 38.4 Å². The van der Waals surface area contributed by atoms with Crippen molar-refractivity contribution in [1.29, 1.82) is 0 Å². The lowest BCUT2D eigenvalue weighted by Crippen LogP contribution is -2.55. The Morgan fingerprint density at radius 3 is 2.33 bits per heavy atom. The van der Waals surface area contributed by atoms with Crippen LogP contribution in [0.1, 0.15) is 40.5 Å². The summed E-state index contributed by atoms with van der Waals surface area (Å²) >= 11 is 0. The number of nitrogens with zero attached hydrogens (tertiary/aromatic N) is 2. The molecule has 3 N–H and O–H groups in total. The number of hydrogen-bond donors (Lipinski definition) is 3.